The monoisotopic (exact) mass is 479 g/mol. The van der Waals surface area contributed by atoms with Gasteiger partial charge in [-0.05, 0) is 43.7 Å². The highest BCUT2D eigenvalue weighted by Crippen LogP contribution is 2.45. The number of piperidine rings is 1. The Hall–Kier alpha value is -3.20. The van der Waals surface area contributed by atoms with E-state index in [4.69, 9.17) is 14.5 Å². The van der Waals surface area contributed by atoms with Gasteiger partial charge in [-0.3, -0.25) is 4.79 Å². The molecule has 1 saturated heterocycles. The van der Waals surface area contributed by atoms with Gasteiger partial charge in [-0.15, -0.1) is 11.3 Å². The van der Waals surface area contributed by atoms with Crippen LogP contribution in [0.2, 0.25) is 0 Å². The molecular weight excluding hydrogens is 450 g/mol. The van der Waals surface area contributed by atoms with Gasteiger partial charge in [-0.2, -0.15) is 9.97 Å². The predicted molar refractivity (Wildman–Crippen MR) is 132 cm³/mol. The highest BCUT2D eigenvalue weighted by molar-refractivity contribution is 7.15. The molecule has 1 aromatic carbocycles. The van der Waals surface area contributed by atoms with Crippen molar-refractivity contribution in [2.45, 2.75) is 44.6 Å². The molecule has 1 N–H and O–H groups in total. The van der Waals surface area contributed by atoms with Crippen LogP contribution in [0.5, 0.6) is 11.8 Å². The van der Waals surface area contributed by atoms with Crippen molar-refractivity contribution >= 4 is 23.2 Å². The Kier molecular flexibility index (Phi) is 6.36. The largest absolute Gasteiger partial charge is 0.481 e. The standard InChI is InChI=1S/C25H29N5O3S/c1-15-7-4-5-9-18(15)22-21(29-23(34-22)16-10-11-16)24(31)30-12-6-8-17(14-30)26-25-27-19(32-2)13-20(28-25)33-3/h4-5,7,9,13,16-17H,6,8,10-12,14H2,1-3H3,(H,26,27,28)/t17-/m1/s1. The van der Waals surface area contributed by atoms with E-state index in [1.54, 1.807) is 31.6 Å². The molecule has 2 aliphatic rings. The minimum atomic E-state index is -0.00274. The molecule has 8 nitrogen and oxygen atoms in total. The van der Waals surface area contributed by atoms with E-state index >= 15 is 0 Å². The number of carbonyl (C=O) groups is 1. The number of nitrogens with one attached hydrogen (secondary N) is 1. The third kappa shape index (κ3) is 4.70. The summed E-state index contributed by atoms with van der Waals surface area (Å²) in [4.78, 5) is 30.2. The van der Waals surface area contributed by atoms with E-state index in [0.29, 0.717) is 42.4 Å². The van der Waals surface area contributed by atoms with E-state index in [9.17, 15) is 4.79 Å². The number of aromatic nitrogens is 3. The third-order valence-corrected chi connectivity index (χ3v) is 7.55. The lowest BCUT2D eigenvalue weighted by molar-refractivity contribution is 0.0710. The molecule has 1 amide bonds. The van der Waals surface area contributed by atoms with Gasteiger partial charge in [0.25, 0.3) is 5.91 Å². The number of benzene rings is 1. The van der Waals surface area contributed by atoms with Crippen LogP contribution in [0.1, 0.15) is 52.7 Å². The molecule has 9 heteroatoms. The normalized spacial score (nSPS) is 18.0. The van der Waals surface area contributed by atoms with Gasteiger partial charge in [0.05, 0.1) is 30.2 Å². The van der Waals surface area contributed by atoms with Gasteiger partial charge in [0, 0.05) is 25.0 Å². The molecule has 1 aliphatic carbocycles. The van der Waals surface area contributed by atoms with Crippen LogP contribution in [0.4, 0.5) is 5.95 Å². The van der Waals surface area contributed by atoms with E-state index in [1.165, 1.54) is 0 Å². The summed E-state index contributed by atoms with van der Waals surface area (Å²) in [6, 6.07) is 9.89. The number of likely N-dealkylation sites (tertiary alicyclic amines) is 1. The fraction of sp³-hybridized carbons (Fsp3) is 0.440. The zero-order valence-corrected chi connectivity index (χ0v) is 20.5. The number of nitrogens with zero attached hydrogens (tertiary/aromatic N) is 4. The van der Waals surface area contributed by atoms with E-state index in [-0.39, 0.29) is 11.9 Å². The van der Waals surface area contributed by atoms with Gasteiger partial charge < -0.3 is 19.7 Å². The van der Waals surface area contributed by atoms with E-state index in [1.807, 2.05) is 17.0 Å². The van der Waals surface area contributed by atoms with Crippen molar-refractivity contribution in [2.75, 3.05) is 32.6 Å². The molecule has 0 radical (unpaired) electrons. The fourth-order valence-corrected chi connectivity index (χ4v) is 5.60. The minimum absolute atomic E-state index is 0.00274. The maximum atomic E-state index is 13.7. The van der Waals surface area contributed by atoms with Gasteiger partial charge in [-0.25, -0.2) is 4.98 Å². The average Bonchev–Trinajstić information content (AvgIpc) is 3.62. The Bertz CT molecular complexity index is 1170. The Balaban J connectivity index is 1.38. The van der Waals surface area contributed by atoms with Gasteiger partial charge in [0.2, 0.25) is 17.7 Å². The van der Waals surface area contributed by atoms with Crippen LogP contribution in [0.15, 0.2) is 30.3 Å². The first-order valence-electron chi connectivity index (χ1n) is 11.6. The number of thiazole rings is 1. The van der Waals surface area contributed by atoms with Crippen LogP contribution in [-0.4, -0.2) is 59.1 Å². The zero-order valence-electron chi connectivity index (χ0n) is 19.7. The predicted octanol–water partition coefficient (Wildman–Crippen LogP) is 4.52. The van der Waals surface area contributed by atoms with E-state index in [0.717, 1.165) is 46.7 Å². The maximum absolute atomic E-state index is 13.7. The number of anilines is 1. The maximum Gasteiger partial charge on any atom is 0.274 e. The van der Waals surface area contributed by atoms with Crippen LogP contribution in [0, 0.1) is 6.92 Å². The van der Waals surface area contributed by atoms with Crippen LogP contribution >= 0.6 is 11.3 Å². The SMILES string of the molecule is COc1cc(OC)nc(N[C@@H]2CCCN(C(=O)c3nc(C4CC4)sc3-c3ccccc3C)C2)n1. The lowest BCUT2D eigenvalue weighted by Gasteiger charge is -2.33. The smallest absolute Gasteiger partial charge is 0.274 e. The molecule has 178 valence electrons. The third-order valence-electron chi connectivity index (χ3n) is 6.30. The lowest BCUT2D eigenvalue weighted by Crippen LogP contribution is -2.45. The van der Waals surface area contributed by atoms with Gasteiger partial charge in [-0.1, -0.05) is 24.3 Å². The molecular formula is C25H29N5O3S. The second-order valence-electron chi connectivity index (χ2n) is 8.83. The summed E-state index contributed by atoms with van der Waals surface area (Å²) < 4.78 is 10.5. The van der Waals surface area contributed by atoms with Crippen molar-refractivity contribution in [1.29, 1.82) is 0 Å². The molecule has 3 aromatic rings. The highest BCUT2D eigenvalue weighted by Gasteiger charge is 2.33. The van der Waals surface area contributed by atoms with Crippen LogP contribution in [0.25, 0.3) is 10.4 Å². The summed E-state index contributed by atoms with van der Waals surface area (Å²) in [5, 5.41) is 4.45. The van der Waals surface area contributed by atoms with Crippen LogP contribution in [-0.2, 0) is 0 Å². The van der Waals surface area contributed by atoms with Gasteiger partial charge in [0.1, 0.15) is 5.69 Å². The molecule has 1 saturated carbocycles. The summed E-state index contributed by atoms with van der Waals surface area (Å²) in [6.07, 6.45) is 4.13. The molecule has 2 aromatic heterocycles. The van der Waals surface area contributed by atoms with Gasteiger partial charge >= 0.3 is 0 Å². The summed E-state index contributed by atoms with van der Waals surface area (Å²) in [6.45, 7) is 3.36. The summed E-state index contributed by atoms with van der Waals surface area (Å²) in [5.41, 5.74) is 2.84. The van der Waals surface area contributed by atoms with Crippen molar-refractivity contribution in [2.24, 2.45) is 0 Å². The first-order chi connectivity index (χ1) is 16.6. The van der Waals surface area contributed by atoms with Gasteiger partial charge in [0.15, 0.2) is 0 Å². The molecule has 2 fully saturated rings. The first kappa shape index (κ1) is 22.6. The molecule has 0 bridgehead atoms. The number of amides is 1. The Morgan fingerprint density at radius 3 is 2.50 bits per heavy atom. The number of hydrogen-bond acceptors (Lipinski definition) is 8. The Morgan fingerprint density at radius 1 is 1.09 bits per heavy atom. The lowest BCUT2D eigenvalue weighted by atomic mass is 10.0. The highest BCUT2D eigenvalue weighted by atomic mass is 32.1. The molecule has 1 atom stereocenters. The topological polar surface area (TPSA) is 89.5 Å². The number of ether oxygens (including phenoxy) is 2. The molecule has 34 heavy (non-hydrogen) atoms. The molecule has 0 unspecified atom stereocenters. The van der Waals surface area contributed by atoms with Crippen molar-refractivity contribution in [1.82, 2.24) is 19.9 Å². The van der Waals surface area contributed by atoms with Crippen molar-refractivity contribution in [3.8, 4) is 22.2 Å². The van der Waals surface area contributed by atoms with E-state index < -0.39 is 0 Å². The Morgan fingerprint density at radius 2 is 1.82 bits per heavy atom. The number of aryl methyl sites for hydroxylation is 1. The summed E-state index contributed by atoms with van der Waals surface area (Å²) in [5.74, 6) is 1.79. The van der Waals surface area contributed by atoms with Crippen LogP contribution in [0.3, 0.4) is 0 Å². The average molecular weight is 480 g/mol. The second kappa shape index (κ2) is 9.58. The molecule has 1 aliphatic heterocycles. The summed E-state index contributed by atoms with van der Waals surface area (Å²) in [7, 11) is 3.12. The number of methoxy groups -OCH3 is 2. The summed E-state index contributed by atoms with van der Waals surface area (Å²) >= 11 is 1.68. The first-order valence-corrected chi connectivity index (χ1v) is 12.5. The fourth-order valence-electron chi connectivity index (χ4n) is 4.29. The zero-order chi connectivity index (χ0) is 23.7. The Labute approximate surface area is 203 Å². The second-order valence-corrected chi connectivity index (χ2v) is 9.86. The number of hydrogen-bond donors (Lipinski definition) is 1. The molecule has 5 rings (SSSR count). The van der Waals surface area contributed by atoms with Crippen molar-refractivity contribution < 1.29 is 14.3 Å². The minimum Gasteiger partial charge on any atom is -0.481 e. The quantitative estimate of drug-likeness (QED) is 0.533. The van der Waals surface area contributed by atoms with E-state index in [2.05, 4.69) is 34.3 Å². The number of carbonyl (C=O) groups excluding carboxylic acids is 1. The molecule has 0 spiro atoms. The van der Waals surface area contributed by atoms with Crippen molar-refractivity contribution in [3.05, 3.63) is 46.6 Å². The van der Waals surface area contributed by atoms with Crippen molar-refractivity contribution in [3.63, 3.8) is 0 Å². The molecule has 3 heterocycles. The number of rotatable bonds is 7. The van der Waals surface area contributed by atoms with Crippen LogP contribution < -0.4 is 14.8 Å².